The highest BCUT2D eigenvalue weighted by Gasteiger charge is 2.23. The van der Waals surface area contributed by atoms with Gasteiger partial charge in [0.25, 0.3) is 0 Å². The minimum absolute atomic E-state index is 0.210. The number of hydrogen-bond acceptors (Lipinski definition) is 3. The third-order valence-corrected chi connectivity index (χ3v) is 6.88. The summed E-state index contributed by atoms with van der Waals surface area (Å²) in [5, 5.41) is 3.09. The predicted molar refractivity (Wildman–Crippen MR) is 84.7 cm³/mol. The predicted octanol–water partition coefficient (Wildman–Crippen LogP) is 4.29. The van der Waals surface area contributed by atoms with E-state index in [9.17, 15) is 4.79 Å². The van der Waals surface area contributed by atoms with Crippen molar-refractivity contribution in [3.63, 3.8) is 0 Å². The number of rotatable bonds is 3. The molecule has 0 atom stereocenters. The molecule has 102 valence electrons. The van der Waals surface area contributed by atoms with Crippen molar-refractivity contribution in [1.82, 2.24) is 0 Å². The van der Waals surface area contributed by atoms with Crippen molar-refractivity contribution in [3.05, 3.63) is 29.8 Å². The summed E-state index contributed by atoms with van der Waals surface area (Å²) >= 11 is 4.00. The third kappa shape index (κ3) is 3.29. The van der Waals surface area contributed by atoms with E-state index >= 15 is 0 Å². The van der Waals surface area contributed by atoms with Crippen LogP contribution in [0, 0.1) is 5.92 Å². The Morgan fingerprint density at radius 3 is 2.63 bits per heavy atom. The van der Waals surface area contributed by atoms with Crippen molar-refractivity contribution in [2.45, 2.75) is 30.3 Å². The van der Waals surface area contributed by atoms with Gasteiger partial charge in [0.15, 0.2) is 0 Å². The van der Waals surface area contributed by atoms with E-state index in [1.165, 1.54) is 29.9 Å². The van der Waals surface area contributed by atoms with E-state index in [2.05, 4.69) is 23.5 Å². The molecule has 3 rings (SSSR count). The van der Waals surface area contributed by atoms with Gasteiger partial charge in [-0.25, -0.2) is 0 Å². The smallest absolute Gasteiger partial charge is 0.227 e. The first kappa shape index (κ1) is 13.4. The topological polar surface area (TPSA) is 29.1 Å². The fourth-order valence-corrected chi connectivity index (χ4v) is 5.58. The van der Waals surface area contributed by atoms with Crippen LogP contribution in [0.25, 0.3) is 0 Å². The molecule has 19 heavy (non-hydrogen) atoms. The number of thioether (sulfide) groups is 2. The second kappa shape index (κ2) is 6.23. The largest absolute Gasteiger partial charge is 0.326 e. The molecule has 1 aliphatic carbocycles. The lowest BCUT2D eigenvalue weighted by atomic mass is 10.1. The van der Waals surface area contributed by atoms with Gasteiger partial charge in [0.1, 0.15) is 0 Å². The molecule has 1 N–H and O–H groups in total. The van der Waals surface area contributed by atoms with Crippen LogP contribution in [0.1, 0.15) is 35.8 Å². The maximum atomic E-state index is 12.1. The first-order valence-corrected chi connectivity index (χ1v) is 9.07. The second-order valence-electron chi connectivity index (χ2n) is 5.17. The first-order valence-electron chi connectivity index (χ1n) is 6.97. The number of carbonyl (C=O) groups is 1. The Balaban J connectivity index is 1.66. The van der Waals surface area contributed by atoms with Crippen LogP contribution < -0.4 is 5.32 Å². The Morgan fingerprint density at radius 1 is 1.16 bits per heavy atom. The molecular formula is C15H19NOS2. The van der Waals surface area contributed by atoms with Crippen molar-refractivity contribution < 1.29 is 4.79 Å². The van der Waals surface area contributed by atoms with E-state index in [4.69, 9.17) is 0 Å². The molecule has 1 saturated carbocycles. The minimum Gasteiger partial charge on any atom is -0.326 e. The zero-order valence-corrected chi connectivity index (χ0v) is 12.6. The van der Waals surface area contributed by atoms with Gasteiger partial charge in [-0.2, -0.15) is 0 Å². The van der Waals surface area contributed by atoms with Gasteiger partial charge >= 0.3 is 0 Å². The molecule has 1 aliphatic heterocycles. The van der Waals surface area contributed by atoms with Crippen LogP contribution in [0.2, 0.25) is 0 Å². The zero-order chi connectivity index (χ0) is 13.1. The highest BCUT2D eigenvalue weighted by Crippen LogP contribution is 2.45. The van der Waals surface area contributed by atoms with Gasteiger partial charge in [-0.1, -0.05) is 25.0 Å². The molecule has 1 aromatic carbocycles. The summed E-state index contributed by atoms with van der Waals surface area (Å²) < 4.78 is 0.545. The van der Waals surface area contributed by atoms with Crippen molar-refractivity contribution >= 4 is 35.1 Å². The van der Waals surface area contributed by atoms with Crippen LogP contribution in [0.4, 0.5) is 5.69 Å². The Labute approximate surface area is 123 Å². The second-order valence-corrected chi connectivity index (χ2v) is 7.89. The van der Waals surface area contributed by atoms with Crippen LogP contribution in [0.3, 0.4) is 0 Å². The van der Waals surface area contributed by atoms with Crippen molar-refractivity contribution in [3.8, 4) is 0 Å². The lowest BCUT2D eigenvalue weighted by Crippen LogP contribution is -2.20. The molecule has 2 aliphatic rings. The van der Waals surface area contributed by atoms with Gasteiger partial charge in [-0.05, 0) is 30.5 Å². The molecule has 0 aromatic heterocycles. The van der Waals surface area contributed by atoms with Crippen molar-refractivity contribution in [2.24, 2.45) is 5.92 Å². The molecule has 2 fully saturated rings. The van der Waals surface area contributed by atoms with Crippen LogP contribution in [0.5, 0.6) is 0 Å². The number of anilines is 1. The van der Waals surface area contributed by atoms with Crippen LogP contribution in [0.15, 0.2) is 24.3 Å². The van der Waals surface area contributed by atoms with Gasteiger partial charge in [0.2, 0.25) is 5.91 Å². The SMILES string of the molecule is O=C(Nc1cccc(C2SCCS2)c1)C1CCCC1. The average Bonchev–Trinajstić information content (AvgIpc) is 3.13. The molecule has 4 heteroatoms. The van der Waals surface area contributed by atoms with Gasteiger partial charge in [-0.3, -0.25) is 4.79 Å². The standard InChI is InChI=1S/C15H19NOS2/c17-14(11-4-1-2-5-11)16-13-7-3-6-12(10-13)15-18-8-9-19-15/h3,6-7,10-11,15H,1-2,4-5,8-9H2,(H,16,17). The van der Waals surface area contributed by atoms with E-state index in [0.717, 1.165) is 18.5 Å². The molecule has 0 unspecified atom stereocenters. The van der Waals surface area contributed by atoms with E-state index < -0.39 is 0 Å². The van der Waals surface area contributed by atoms with Crippen molar-refractivity contribution in [1.29, 1.82) is 0 Å². The van der Waals surface area contributed by atoms with E-state index in [0.29, 0.717) is 4.58 Å². The quantitative estimate of drug-likeness (QED) is 0.901. The maximum Gasteiger partial charge on any atom is 0.227 e. The van der Waals surface area contributed by atoms with E-state index in [1.54, 1.807) is 0 Å². The normalized spacial score (nSPS) is 20.8. The molecule has 1 heterocycles. The minimum atomic E-state index is 0.210. The van der Waals surface area contributed by atoms with Crippen LogP contribution in [-0.4, -0.2) is 17.4 Å². The molecule has 2 nitrogen and oxygen atoms in total. The fourth-order valence-electron chi connectivity index (χ4n) is 2.75. The Hall–Kier alpha value is -0.610. The summed E-state index contributed by atoms with van der Waals surface area (Å²) in [5.41, 5.74) is 2.29. The lowest BCUT2D eigenvalue weighted by Gasteiger charge is -2.13. The Bertz CT molecular complexity index is 451. The summed E-state index contributed by atoms with van der Waals surface area (Å²) in [6.45, 7) is 0. The van der Waals surface area contributed by atoms with Crippen LogP contribution >= 0.6 is 23.5 Å². The van der Waals surface area contributed by atoms with E-state index in [-0.39, 0.29) is 11.8 Å². The van der Waals surface area contributed by atoms with Crippen molar-refractivity contribution in [2.75, 3.05) is 16.8 Å². The number of amides is 1. The molecule has 0 radical (unpaired) electrons. The van der Waals surface area contributed by atoms with E-state index in [1.807, 2.05) is 29.6 Å². The Morgan fingerprint density at radius 2 is 1.89 bits per heavy atom. The zero-order valence-electron chi connectivity index (χ0n) is 10.9. The fraction of sp³-hybridized carbons (Fsp3) is 0.533. The number of nitrogens with one attached hydrogen (secondary N) is 1. The lowest BCUT2D eigenvalue weighted by molar-refractivity contribution is -0.119. The summed E-state index contributed by atoms with van der Waals surface area (Å²) in [4.78, 5) is 12.1. The Kier molecular flexibility index (Phi) is 4.38. The summed E-state index contributed by atoms with van der Waals surface area (Å²) in [6.07, 6.45) is 4.51. The molecule has 1 saturated heterocycles. The maximum absolute atomic E-state index is 12.1. The molecular weight excluding hydrogens is 274 g/mol. The monoisotopic (exact) mass is 293 g/mol. The number of carbonyl (C=O) groups excluding carboxylic acids is 1. The summed E-state index contributed by atoms with van der Waals surface area (Å²) in [6, 6.07) is 8.36. The van der Waals surface area contributed by atoms with Gasteiger partial charge in [-0.15, -0.1) is 23.5 Å². The van der Waals surface area contributed by atoms with Gasteiger partial charge < -0.3 is 5.32 Å². The molecule has 1 aromatic rings. The van der Waals surface area contributed by atoms with Crippen LogP contribution in [-0.2, 0) is 4.79 Å². The summed E-state index contributed by atoms with van der Waals surface area (Å²) in [7, 11) is 0. The summed E-state index contributed by atoms with van der Waals surface area (Å²) in [5.74, 6) is 2.90. The highest BCUT2D eigenvalue weighted by atomic mass is 32.2. The third-order valence-electron chi connectivity index (χ3n) is 3.77. The average molecular weight is 293 g/mol. The van der Waals surface area contributed by atoms with Gasteiger partial charge in [0.05, 0.1) is 4.58 Å². The molecule has 0 bridgehead atoms. The highest BCUT2D eigenvalue weighted by molar-refractivity contribution is 8.19. The number of benzene rings is 1. The number of hydrogen-bond donors (Lipinski definition) is 1. The molecule has 0 spiro atoms. The van der Waals surface area contributed by atoms with Gasteiger partial charge in [0, 0.05) is 23.1 Å². The first-order chi connectivity index (χ1) is 9.33. The molecule has 1 amide bonds.